The first-order chi connectivity index (χ1) is 10.00. The smallest absolute Gasteiger partial charge is 0.151 e. The maximum atomic E-state index is 11.4. The van der Waals surface area contributed by atoms with Gasteiger partial charge in [0, 0.05) is 33.1 Å². The zero-order chi connectivity index (χ0) is 15.3. The van der Waals surface area contributed by atoms with Gasteiger partial charge in [-0.1, -0.05) is 35.0 Å². The monoisotopic (exact) mass is 387 g/mol. The number of rotatable bonds is 7. The Bertz CT molecular complexity index is 678. The summed E-state index contributed by atoms with van der Waals surface area (Å²) in [5.74, 6) is 0.413. The minimum atomic E-state index is -2.88. The lowest BCUT2D eigenvalue weighted by atomic mass is 10.2. The van der Waals surface area contributed by atoms with Gasteiger partial charge in [-0.3, -0.25) is 0 Å². The molecule has 0 aliphatic rings. The zero-order valence-corrected chi connectivity index (χ0v) is 15.0. The van der Waals surface area contributed by atoms with Crippen LogP contribution in [0.15, 0.2) is 40.9 Å². The van der Waals surface area contributed by atoms with Crippen LogP contribution in [0.1, 0.15) is 11.8 Å². The molecular formula is C15H18BrNO2S2. The number of hydrogen-bond donors (Lipinski definition) is 1. The lowest BCUT2D eigenvalue weighted by Crippen LogP contribution is -2.23. The number of halogens is 1. The largest absolute Gasteiger partial charge is 0.311 e. The second-order valence-electron chi connectivity index (χ2n) is 4.69. The van der Waals surface area contributed by atoms with Gasteiger partial charge in [0.1, 0.15) is 0 Å². The summed E-state index contributed by atoms with van der Waals surface area (Å²) in [4.78, 5) is 2.43. The summed E-state index contributed by atoms with van der Waals surface area (Å²) in [6, 6.07) is 12.4. The van der Waals surface area contributed by atoms with Gasteiger partial charge in [0.2, 0.25) is 0 Å². The number of nitrogens with one attached hydrogen (secondary N) is 1. The minimum absolute atomic E-state index is 0.203. The van der Waals surface area contributed by atoms with Crippen LogP contribution >= 0.6 is 27.3 Å². The van der Waals surface area contributed by atoms with Crippen molar-refractivity contribution in [2.75, 3.05) is 18.1 Å². The summed E-state index contributed by atoms with van der Waals surface area (Å²) >= 11 is 5.16. The molecule has 1 aromatic carbocycles. The van der Waals surface area contributed by atoms with Crippen LogP contribution in [0, 0.1) is 0 Å². The molecule has 0 bridgehead atoms. The van der Waals surface area contributed by atoms with E-state index in [0.29, 0.717) is 13.1 Å². The first-order valence-corrected chi connectivity index (χ1v) is 10.2. The SMILES string of the molecule is CCS(=O)(=O)CCNCc1ccc(-c2ccc(Br)cc2)s1. The molecule has 2 rings (SSSR count). The Labute approximate surface area is 138 Å². The van der Waals surface area contributed by atoms with Crippen LogP contribution < -0.4 is 5.32 Å². The molecule has 0 radical (unpaired) electrons. The van der Waals surface area contributed by atoms with E-state index in [1.807, 2.05) is 12.1 Å². The number of hydrogen-bond acceptors (Lipinski definition) is 4. The molecule has 0 aliphatic heterocycles. The van der Waals surface area contributed by atoms with Crippen LogP contribution in [0.5, 0.6) is 0 Å². The highest BCUT2D eigenvalue weighted by atomic mass is 79.9. The molecule has 1 N–H and O–H groups in total. The fourth-order valence-electron chi connectivity index (χ4n) is 1.83. The summed E-state index contributed by atoms with van der Waals surface area (Å²) in [5, 5.41) is 3.19. The standard InChI is InChI=1S/C15H18BrNO2S2/c1-2-21(18,19)10-9-17-11-14-7-8-15(20-14)12-3-5-13(16)6-4-12/h3-8,17H,2,9-11H2,1H3. The molecule has 1 heterocycles. The van der Waals surface area contributed by atoms with Crippen molar-refractivity contribution >= 4 is 37.1 Å². The minimum Gasteiger partial charge on any atom is -0.311 e. The summed E-state index contributed by atoms with van der Waals surface area (Å²) in [7, 11) is -2.88. The molecule has 21 heavy (non-hydrogen) atoms. The van der Waals surface area contributed by atoms with E-state index in [0.717, 1.165) is 4.47 Å². The zero-order valence-electron chi connectivity index (χ0n) is 11.8. The first kappa shape index (κ1) is 16.7. The van der Waals surface area contributed by atoms with Crippen LogP contribution in [-0.2, 0) is 16.4 Å². The van der Waals surface area contributed by atoms with E-state index in [4.69, 9.17) is 0 Å². The van der Waals surface area contributed by atoms with Crippen molar-refractivity contribution in [3.8, 4) is 10.4 Å². The van der Waals surface area contributed by atoms with Crippen LogP contribution in [0.4, 0.5) is 0 Å². The fourth-order valence-corrected chi connectivity index (χ4v) is 3.82. The number of benzene rings is 1. The van der Waals surface area contributed by atoms with Gasteiger partial charge in [-0.25, -0.2) is 8.42 Å². The summed E-state index contributed by atoms with van der Waals surface area (Å²) in [6.07, 6.45) is 0. The van der Waals surface area contributed by atoms with Gasteiger partial charge < -0.3 is 5.32 Å². The van der Waals surface area contributed by atoms with E-state index in [1.165, 1.54) is 15.3 Å². The molecule has 2 aromatic rings. The molecule has 1 aromatic heterocycles. The molecule has 0 atom stereocenters. The number of thiophene rings is 1. The Kier molecular flexibility index (Phi) is 5.98. The second kappa shape index (κ2) is 7.54. The maximum absolute atomic E-state index is 11.4. The molecule has 0 spiro atoms. The van der Waals surface area contributed by atoms with Crippen LogP contribution in [-0.4, -0.2) is 26.5 Å². The van der Waals surface area contributed by atoms with Crippen molar-refractivity contribution < 1.29 is 8.42 Å². The molecule has 0 fully saturated rings. The topological polar surface area (TPSA) is 46.2 Å². The first-order valence-electron chi connectivity index (χ1n) is 6.76. The van der Waals surface area contributed by atoms with Gasteiger partial charge in [-0.2, -0.15) is 0 Å². The molecule has 114 valence electrons. The van der Waals surface area contributed by atoms with E-state index in [1.54, 1.807) is 18.3 Å². The average molecular weight is 388 g/mol. The molecule has 6 heteroatoms. The van der Waals surface area contributed by atoms with Gasteiger partial charge in [-0.05, 0) is 29.8 Å². The third-order valence-corrected chi connectivity index (χ3v) is 6.49. The van der Waals surface area contributed by atoms with Gasteiger partial charge in [0.15, 0.2) is 9.84 Å². The molecule has 3 nitrogen and oxygen atoms in total. The van der Waals surface area contributed by atoms with Gasteiger partial charge in [0.05, 0.1) is 5.75 Å². The van der Waals surface area contributed by atoms with Crippen molar-refractivity contribution in [3.05, 3.63) is 45.7 Å². The van der Waals surface area contributed by atoms with E-state index in [9.17, 15) is 8.42 Å². The van der Waals surface area contributed by atoms with Crippen molar-refractivity contribution in [1.29, 1.82) is 0 Å². The summed E-state index contributed by atoms with van der Waals surface area (Å²) in [5.41, 5.74) is 1.20. The third-order valence-electron chi connectivity index (χ3n) is 3.12. The maximum Gasteiger partial charge on any atom is 0.151 e. The molecule has 0 aliphatic carbocycles. The molecule has 0 unspecified atom stereocenters. The molecular weight excluding hydrogens is 370 g/mol. The molecule has 0 saturated carbocycles. The predicted molar refractivity (Wildman–Crippen MR) is 93.5 cm³/mol. The normalized spacial score (nSPS) is 11.7. The highest BCUT2D eigenvalue weighted by molar-refractivity contribution is 9.10. The average Bonchev–Trinajstić information content (AvgIpc) is 2.93. The van der Waals surface area contributed by atoms with Crippen molar-refractivity contribution in [3.63, 3.8) is 0 Å². The van der Waals surface area contributed by atoms with Crippen LogP contribution in [0.3, 0.4) is 0 Å². The Morgan fingerprint density at radius 1 is 1.14 bits per heavy atom. The van der Waals surface area contributed by atoms with E-state index < -0.39 is 9.84 Å². The van der Waals surface area contributed by atoms with Crippen LogP contribution in [0.2, 0.25) is 0 Å². The molecule has 0 saturated heterocycles. The van der Waals surface area contributed by atoms with Gasteiger partial charge >= 0.3 is 0 Å². The van der Waals surface area contributed by atoms with Crippen molar-refractivity contribution in [2.24, 2.45) is 0 Å². The van der Waals surface area contributed by atoms with E-state index >= 15 is 0 Å². The lowest BCUT2D eigenvalue weighted by Gasteiger charge is -2.03. The highest BCUT2D eigenvalue weighted by Gasteiger charge is 2.07. The quantitative estimate of drug-likeness (QED) is 0.736. The highest BCUT2D eigenvalue weighted by Crippen LogP contribution is 2.28. The van der Waals surface area contributed by atoms with Crippen LogP contribution in [0.25, 0.3) is 10.4 Å². The Hall–Kier alpha value is -0.690. The molecule has 0 amide bonds. The van der Waals surface area contributed by atoms with Crippen molar-refractivity contribution in [1.82, 2.24) is 5.32 Å². The fraction of sp³-hybridized carbons (Fsp3) is 0.333. The van der Waals surface area contributed by atoms with E-state index in [-0.39, 0.29) is 11.5 Å². The predicted octanol–water partition coefficient (Wildman–Crippen LogP) is 3.70. The van der Waals surface area contributed by atoms with Crippen molar-refractivity contribution in [2.45, 2.75) is 13.5 Å². The summed E-state index contributed by atoms with van der Waals surface area (Å²) in [6.45, 7) is 2.89. The van der Waals surface area contributed by atoms with Gasteiger partial charge in [-0.15, -0.1) is 11.3 Å². The van der Waals surface area contributed by atoms with E-state index in [2.05, 4.69) is 45.5 Å². The van der Waals surface area contributed by atoms with Gasteiger partial charge in [0.25, 0.3) is 0 Å². The Balaban J connectivity index is 1.87. The number of sulfone groups is 1. The second-order valence-corrected chi connectivity index (χ2v) is 9.24. The summed E-state index contributed by atoms with van der Waals surface area (Å²) < 4.78 is 23.8. The third kappa shape index (κ3) is 5.21. The Morgan fingerprint density at radius 2 is 1.86 bits per heavy atom. The lowest BCUT2D eigenvalue weighted by molar-refractivity contribution is 0.592. The Morgan fingerprint density at radius 3 is 2.52 bits per heavy atom.